The lowest BCUT2D eigenvalue weighted by molar-refractivity contribution is 0.201. The smallest absolute Gasteiger partial charge is 0.00697 e. The third-order valence-corrected chi connectivity index (χ3v) is 5.51. The predicted octanol–water partition coefficient (Wildman–Crippen LogP) is 2.45. The molecular formula is C15H28N2. The molecule has 1 saturated carbocycles. The molecule has 2 heteroatoms. The Bertz CT molecular complexity index is 258. The lowest BCUT2D eigenvalue weighted by Gasteiger charge is -2.27. The number of likely N-dealkylation sites (tertiary alicyclic amines) is 2. The van der Waals surface area contributed by atoms with Gasteiger partial charge in [0, 0.05) is 25.2 Å². The highest BCUT2D eigenvalue weighted by Crippen LogP contribution is 2.54. The molecule has 0 N–H and O–H groups in total. The standard InChI is InChI=1S/C15H28N2/c1-11(2)17-9-14-13(15(14)10-17)8-12(3)16-6-4-5-7-16/h11-15H,4-10H2,1-3H3. The van der Waals surface area contributed by atoms with Gasteiger partial charge in [-0.25, -0.2) is 0 Å². The summed E-state index contributed by atoms with van der Waals surface area (Å²) in [5.74, 6) is 3.19. The molecule has 0 aromatic carbocycles. The zero-order valence-electron chi connectivity index (χ0n) is 11.7. The summed E-state index contributed by atoms with van der Waals surface area (Å²) in [6.07, 6.45) is 4.34. The highest BCUT2D eigenvalue weighted by Gasteiger charge is 2.55. The summed E-state index contributed by atoms with van der Waals surface area (Å²) in [5, 5.41) is 0. The first-order valence-corrected chi connectivity index (χ1v) is 7.65. The van der Waals surface area contributed by atoms with Crippen molar-refractivity contribution in [3.05, 3.63) is 0 Å². The van der Waals surface area contributed by atoms with E-state index in [0.29, 0.717) is 0 Å². The fraction of sp³-hybridized carbons (Fsp3) is 1.00. The topological polar surface area (TPSA) is 6.48 Å². The van der Waals surface area contributed by atoms with Crippen LogP contribution in [0.2, 0.25) is 0 Å². The number of rotatable bonds is 4. The van der Waals surface area contributed by atoms with Gasteiger partial charge in [-0.15, -0.1) is 0 Å². The van der Waals surface area contributed by atoms with E-state index in [1.165, 1.54) is 45.4 Å². The molecule has 2 saturated heterocycles. The van der Waals surface area contributed by atoms with Gasteiger partial charge in [-0.05, 0) is 70.9 Å². The van der Waals surface area contributed by atoms with Crippen LogP contribution in [0.25, 0.3) is 0 Å². The van der Waals surface area contributed by atoms with Crippen LogP contribution in [0.5, 0.6) is 0 Å². The molecule has 3 unspecified atom stereocenters. The fourth-order valence-electron chi connectivity index (χ4n) is 4.18. The minimum atomic E-state index is 0.763. The van der Waals surface area contributed by atoms with E-state index < -0.39 is 0 Å². The van der Waals surface area contributed by atoms with Crippen LogP contribution in [0.15, 0.2) is 0 Å². The molecule has 0 amide bonds. The molecule has 0 spiro atoms. The summed E-state index contributed by atoms with van der Waals surface area (Å²) >= 11 is 0. The summed E-state index contributed by atoms with van der Waals surface area (Å²) in [6.45, 7) is 12.6. The van der Waals surface area contributed by atoms with E-state index >= 15 is 0 Å². The molecule has 0 aromatic heterocycles. The van der Waals surface area contributed by atoms with Crippen molar-refractivity contribution in [2.45, 2.75) is 52.1 Å². The van der Waals surface area contributed by atoms with Crippen molar-refractivity contribution in [1.29, 1.82) is 0 Å². The second kappa shape index (κ2) is 4.55. The number of hydrogen-bond donors (Lipinski definition) is 0. The van der Waals surface area contributed by atoms with Crippen molar-refractivity contribution < 1.29 is 0 Å². The van der Waals surface area contributed by atoms with Gasteiger partial charge in [0.2, 0.25) is 0 Å². The van der Waals surface area contributed by atoms with Gasteiger partial charge in [0.15, 0.2) is 0 Å². The molecule has 98 valence electrons. The summed E-state index contributed by atoms with van der Waals surface area (Å²) in [4.78, 5) is 5.39. The van der Waals surface area contributed by atoms with Crippen LogP contribution >= 0.6 is 0 Å². The molecule has 1 aliphatic carbocycles. The van der Waals surface area contributed by atoms with E-state index in [1.54, 1.807) is 0 Å². The Morgan fingerprint density at radius 2 is 1.53 bits per heavy atom. The van der Waals surface area contributed by atoms with Crippen molar-refractivity contribution in [2.75, 3.05) is 26.2 Å². The molecule has 0 bridgehead atoms. The first kappa shape index (κ1) is 12.0. The average Bonchev–Trinajstić information content (AvgIpc) is 2.83. The average molecular weight is 236 g/mol. The Kier molecular flexibility index (Phi) is 3.20. The largest absolute Gasteiger partial charge is 0.301 e. The lowest BCUT2D eigenvalue weighted by atomic mass is 10.1. The zero-order valence-corrected chi connectivity index (χ0v) is 11.7. The van der Waals surface area contributed by atoms with Gasteiger partial charge in [-0.1, -0.05) is 0 Å². The maximum atomic E-state index is 2.72. The maximum absolute atomic E-state index is 2.72. The van der Waals surface area contributed by atoms with Crippen LogP contribution < -0.4 is 0 Å². The summed E-state index contributed by atoms with van der Waals surface area (Å²) in [6, 6.07) is 1.61. The van der Waals surface area contributed by atoms with E-state index in [0.717, 1.165) is 29.8 Å². The minimum absolute atomic E-state index is 0.763. The fourth-order valence-corrected chi connectivity index (χ4v) is 4.18. The molecule has 3 fully saturated rings. The first-order valence-electron chi connectivity index (χ1n) is 7.65. The maximum Gasteiger partial charge on any atom is 0.00697 e. The van der Waals surface area contributed by atoms with Crippen molar-refractivity contribution in [1.82, 2.24) is 9.80 Å². The van der Waals surface area contributed by atoms with Gasteiger partial charge in [0.05, 0.1) is 0 Å². The molecular weight excluding hydrogens is 208 g/mol. The van der Waals surface area contributed by atoms with Crippen LogP contribution in [0.3, 0.4) is 0 Å². The van der Waals surface area contributed by atoms with Crippen molar-refractivity contribution >= 4 is 0 Å². The quantitative estimate of drug-likeness (QED) is 0.740. The number of fused-ring (bicyclic) bond motifs is 1. The Morgan fingerprint density at radius 1 is 0.941 bits per heavy atom. The highest BCUT2D eigenvalue weighted by atomic mass is 15.2. The highest BCUT2D eigenvalue weighted by molar-refractivity contribution is 5.06. The van der Waals surface area contributed by atoms with Gasteiger partial charge < -0.3 is 9.80 Å². The molecule has 3 rings (SSSR count). The number of nitrogens with zero attached hydrogens (tertiary/aromatic N) is 2. The molecule has 2 nitrogen and oxygen atoms in total. The molecule has 0 aromatic rings. The second-order valence-corrected chi connectivity index (χ2v) is 6.87. The zero-order chi connectivity index (χ0) is 12.0. The van der Waals surface area contributed by atoms with Crippen molar-refractivity contribution in [2.24, 2.45) is 17.8 Å². The van der Waals surface area contributed by atoms with Gasteiger partial charge >= 0.3 is 0 Å². The predicted molar refractivity (Wildman–Crippen MR) is 72.1 cm³/mol. The summed E-state index contributed by atoms with van der Waals surface area (Å²) in [5.41, 5.74) is 0. The Hall–Kier alpha value is -0.0800. The van der Waals surface area contributed by atoms with Crippen LogP contribution in [-0.2, 0) is 0 Å². The van der Waals surface area contributed by atoms with Crippen molar-refractivity contribution in [3.63, 3.8) is 0 Å². The van der Waals surface area contributed by atoms with E-state index in [4.69, 9.17) is 0 Å². The van der Waals surface area contributed by atoms with Crippen LogP contribution in [0, 0.1) is 17.8 Å². The van der Waals surface area contributed by atoms with Gasteiger partial charge in [-0.2, -0.15) is 0 Å². The Labute approximate surface area is 106 Å². The van der Waals surface area contributed by atoms with Crippen LogP contribution in [0.4, 0.5) is 0 Å². The van der Waals surface area contributed by atoms with Gasteiger partial charge in [-0.3, -0.25) is 0 Å². The molecule has 17 heavy (non-hydrogen) atoms. The first-order chi connectivity index (χ1) is 8.16. The van der Waals surface area contributed by atoms with E-state index in [1.807, 2.05) is 0 Å². The molecule has 2 aliphatic heterocycles. The monoisotopic (exact) mass is 236 g/mol. The van der Waals surface area contributed by atoms with Crippen LogP contribution in [0.1, 0.15) is 40.0 Å². The van der Waals surface area contributed by atoms with Gasteiger partial charge in [0.1, 0.15) is 0 Å². The second-order valence-electron chi connectivity index (χ2n) is 6.87. The SMILES string of the molecule is CC(C)N1CC2C(CC(C)N3CCCC3)C2C1. The molecule has 3 aliphatic rings. The summed E-state index contributed by atoms with van der Waals surface area (Å²) < 4.78 is 0. The third-order valence-electron chi connectivity index (χ3n) is 5.51. The minimum Gasteiger partial charge on any atom is -0.301 e. The Morgan fingerprint density at radius 3 is 2.06 bits per heavy atom. The normalized spacial score (nSPS) is 39.9. The van der Waals surface area contributed by atoms with E-state index in [-0.39, 0.29) is 0 Å². The van der Waals surface area contributed by atoms with E-state index in [2.05, 4.69) is 30.6 Å². The van der Waals surface area contributed by atoms with E-state index in [9.17, 15) is 0 Å². The third kappa shape index (κ3) is 2.26. The number of hydrogen-bond acceptors (Lipinski definition) is 2. The van der Waals surface area contributed by atoms with Gasteiger partial charge in [0.25, 0.3) is 0 Å². The molecule has 0 radical (unpaired) electrons. The molecule has 3 atom stereocenters. The molecule has 2 heterocycles. The van der Waals surface area contributed by atoms with Crippen LogP contribution in [-0.4, -0.2) is 48.1 Å². The number of piperidine rings is 1. The lowest BCUT2D eigenvalue weighted by Crippen LogP contribution is -2.34. The summed E-state index contributed by atoms with van der Waals surface area (Å²) in [7, 11) is 0. The Balaban J connectivity index is 1.44. The van der Waals surface area contributed by atoms with Crippen molar-refractivity contribution in [3.8, 4) is 0 Å².